The van der Waals surface area contributed by atoms with E-state index in [1.807, 2.05) is 0 Å². The third-order valence-corrected chi connectivity index (χ3v) is 2.80. The first-order valence-electron chi connectivity index (χ1n) is 4.48. The van der Waals surface area contributed by atoms with Crippen LogP contribution in [-0.4, -0.2) is 0 Å². The minimum atomic E-state index is 0.675. The van der Waals surface area contributed by atoms with Crippen molar-refractivity contribution in [3.05, 3.63) is 12.2 Å². The predicted octanol–water partition coefficient (Wildman–Crippen LogP) is 3.53. The van der Waals surface area contributed by atoms with Crippen molar-refractivity contribution < 1.29 is 0 Å². The fourth-order valence-electron chi connectivity index (χ4n) is 1.95. The van der Waals surface area contributed by atoms with Gasteiger partial charge in [0.25, 0.3) is 0 Å². The van der Waals surface area contributed by atoms with Crippen LogP contribution in [0.5, 0.6) is 0 Å². The average Bonchev–Trinajstić information content (AvgIpc) is 2.39. The highest BCUT2D eigenvalue weighted by atomic mass is 14.3. The van der Waals surface area contributed by atoms with Gasteiger partial charge >= 0.3 is 0 Å². The number of allylic oxidation sites excluding steroid dienone is 2. The summed E-state index contributed by atoms with van der Waals surface area (Å²) in [6.45, 7) is 4.61. The molecule has 1 aliphatic rings. The largest absolute Gasteiger partial charge is 0.0880 e. The summed E-state index contributed by atoms with van der Waals surface area (Å²) in [5.41, 5.74) is 0.675. The van der Waals surface area contributed by atoms with Crippen molar-refractivity contribution in [2.45, 2.75) is 46.0 Å². The lowest BCUT2D eigenvalue weighted by Crippen LogP contribution is -2.14. The Balaban J connectivity index is 2.44. The molecule has 0 bridgehead atoms. The highest BCUT2D eigenvalue weighted by Gasteiger charge is 2.27. The van der Waals surface area contributed by atoms with Crippen molar-refractivity contribution in [2.75, 3.05) is 0 Å². The lowest BCUT2D eigenvalue weighted by molar-refractivity contribution is 0.269. The van der Waals surface area contributed by atoms with Crippen LogP contribution in [0.25, 0.3) is 0 Å². The van der Waals surface area contributed by atoms with Crippen LogP contribution in [0.2, 0.25) is 0 Å². The minimum absolute atomic E-state index is 0.675. The number of hydrogen-bond acceptors (Lipinski definition) is 0. The van der Waals surface area contributed by atoms with Gasteiger partial charge in [0.1, 0.15) is 0 Å². The fourth-order valence-corrected chi connectivity index (χ4v) is 1.95. The van der Waals surface area contributed by atoms with Crippen molar-refractivity contribution in [2.24, 2.45) is 5.41 Å². The minimum Gasteiger partial charge on any atom is -0.0880 e. The molecule has 0 unspecified atom stereocenters. The van der Waals surface area contributed by atoms with Gasteiger partial charge in [-0.2, -0.15) is 0 Å². The van der Waals surface area contributed by atoms with Gasteiger partial charge < -0.3 is 0 Å². The summed E-state index contributed by atoms with van der Waals surface area (Å²) < 4.78 is 0. The topological polar surface area (TPSA) is 0 Å². The molecule has 1 rings (SSSR count). The maximum atomic E-state index is 2.35. The van der Waals surface area contributed by atoms with Crippen molar-refractivity contribution >= 4 is 0 Å². The maximum Gasteiger partial charge on any atom is -0.0231 e. The standard InChI is InChI=1S/C10H18/c1-3-7-10(4-2)8-5-6-9-10/h5-6H,3-4,7-9H2,1-2H3. The Bertz CT molecular complexity index is 114. The molecular weight excluding hydrogens is 120 g/mol. The molecule has 0 fully saturated rings. The zero-order chi connectivity index (χ0) is 7.45. The van der Waals surface area contributed by atoms with E-state index in [0.29, 0.717) is 5.41 Å². The van der Waals surface area contributed by atoms with Crippen LogP contribution in [0.15, 0.2) is 12.2 Å². The Labute approximate surface area is 64.3 Å². The van der Waals surface area contributed by atoms with Gasteiger partial charge in [0.2, 0.25) is 0 Å². The summed E-state index contributed by atoms with van der Waals surface area (Å²) in [6.07, 6.45) is 11.5. The molecule has 0 nitrogen and oxygen atoms in total. The van der Waals surface area contributed by atoms with Gasteiger partial charge in [0.05, 0.1) is 0 Å². The monoisotopic (exact) mass is 138 g/mol. The first kappa shape index (κ1) is 7.84. The molecule has 0 radical (unpaired) electrons. The lowest BCUT2D eigenvalue weighted by Gasteiger charge is -2.26. The summed E-state index contributed by atoms with van der Waals surface area (Å²) in [4.78, 5) is 0. The number of rotatable bonds is 3. The summed E-state index contributed by atoms with van der Waals surface area (Å²) >= 11 is 0. The maximum absolute atomic E-state index is 2.35. The van der Waals surface area contributed by atoms with Gasteiger partial charge in [-0.25, -0.2) is 0 Å². The Morgan fingerprint density at radius 1 is 1.20 bits per heavy atom. The summed E-state index contributed by atoms with van der Waals surface area (Å²) in [5, 5.41) is 0. The fraction of sp³-hybridized carbons (Fsp3) is 0.800. The van der Waals surface area contributed by atoms with Crippen molar-refractivity contribution in [1.29, 1.82) is 0 Å². The predicted molar refractivity (Wildman–Crippen MR) is 46.0 cm³/mol. The van der Waals surface area contributed by atoms with Crippen LogP contribution < -0.4 is 0 Å². The van der Waals surface area contributed by atoms with Crippen molar-refractivity contribution in [3.8, 4) is 0 Å². The first-order valence-corrected chi connectivity index (χ1v) is 4.48. The zero-order valence-electron chi connectivity index (χ0n) is 7.19. The Morgan fingerprint density at radius 2 is 1.80 bits per heavy atom. The molecule has 0 atom stereocenters. The number of hydrogen-bond donors (Lipinski definition) is 0. The molecule has 58 valence electrons. The van der Waals surface area contributed by atoms with E-state index in [-0.39, 0.29) is 0 Å². The van der Waals surface area contributed by atoms with Crippen LogP contribution in [0, 0.1) is 5.41 Å². The molecule has 0 aromatic carbocycles. The van der Waals surface area contributed by atoms with E-state index in [2.05, 4.69) is 26.0 Å². The van der Waals surface area contributed by atoms with Gasteiger partial charge in [-0.1, -0.05) is 32.4 Å². The van der Waals surface area contributed by atoms with E-state index in [0.717, 1.165) is 0 Å². The van der Waals surface area contributed by atoms with Crippen molar-refractivity contribution in [1.82, 2.24) is 0 Å². The molecule has 0 aliphatic heterocycles. The SMILES string of the molecule is CCCC1(CC)CC=CC1. The highest BCUT2D eigenvalue weighted by Crippen LogP contribution is 2.40. The second-order valence-electron chi connectivity index (χ2n) is 3.48. The van der Waals surface area contributed by atoms with Gasteiger partial charge in [0, 0.05) is 0 Å². The van der Waals surface area contributed by atoms with E-state index >= 15 is 0 Å². The van der Waals surface area contributed by atoms with Gasteiger partial charge in [0.15, 0.2) is 0 Å². The third-order valence-electron chi connectivity index (χ3n) is 2.80. The van der Waals surface area contributed by atoms with Gasteiger partial charge in [-0.05, 0) is 31.1 Å². The third kappa shape index (κ3) is 1.42. The molecule has 0 heterocycles. The van der Waals surface area contributed by atoms with Crippen LogP contribution in [-0.2, 0) is 0 Å². The molecule has 1 aliphatic carbocycles. The molecule has 10 heavy (non-hydrogen) atoms. The molecule has 0 amide bonds. The molecule has 0 N–H and O–H groups in total. The Morgan fingerprint density at radius 3 is 2.20 bits per heavy atom. The molecule has 0 heteroatoms. The van der Waals surface area contributed by atoms with E-state index in [1.165, 1.54) is 32.1 Å². The first-order chi connectivity index (χ1) is 4.83. The van der Waals surface area contributed by atoms with Gasteiger partial charge in [-0.3, -0.25) is 0 Å². The zero-order valence-corrected chi connectivity index (χ0v) is 7.19. The highest BCUT2D eigenvalue weighted by molar-refractivity contribution is 5.01. The molecule has 0 saturated carbocycles. The molecule has 0 saturated heterocycles. The van der Waals surface area contributed by atoms with Crippen LogP contribution in [0.1, 0.15) is 46.0 Å². The van der Waals surface area contributed by atoms with E-state index < -0.39 is 0 Å². The smallest absolute Gasteiger partial charge is 0.0231 e. The van der Waals surface area contributed by atoms with E-state index in [4.69, 9.17) is 0 Å². The normalized spacial score (nSPS) is 21.8. The molecule has 0 aromatic heterocycles. The second-order valence-corrected chi connectivity index (χ2v) is 3.48. The Hall–Kier alpha value is -0.260. The van der Waals surface area contributed by atoms with Crippen LogP contribution >= 0.6 is 0 Å². The molecule has 0 aromatic rings. The second kappa shape index (κ2) is 3.23. The summed E-state index contributed by atoms with van der Waals surface area (Å²) in [5.74, 6) is 0. The lowest BCUT2D eigenvalue weighted by atomic mass is 9.79. The van der Waals surface area contributed by atoms with Crippen LogP contribution in [0.3, 0.4) is 0 Å². The molecular formula is C10H18. The quantitative estimate of drug-likeness (QED) is 0.523. The van der Waals surface area contributed by atoms with E-state index in [9.17, 15) is 0 Å². The Kier molecular flexibility index (Phi) is 2.53. The average molecular weight is 138 g/mol. The summed E-state index contributed by atoms with van der Waals surface area (Å²) in [7, 11) is 0. The van der Waals surface area contributed by atoms with Crippen LogP contribution in [0.4, 0.5) is 0 Å². The summed E-state index contributed by atoms with van der Waals surface area (Å²) in [6, 6.07) is 0. The molecule has 0 spiro atoms. The van der Waals surface area contributed by atoms with Crippen molar-refractivity contribution in [3.63, 3.8) is 0 Å². The van der Waals surface area contributed by atoms with Gasteiger partial charge in [-0.15, -0.1) is 0 Å². The van der Waals surface area contributed by atoms with E-state index in [1.54, 1.807) is 0 Å².